The SMILES string of the molecule is COC1CCN(c2ccc(-n3c(-c4ccc(C#N)c(F)c4)nc4c(N5CCC6(CCNCC6)CC5)ccnc43)c(F)c2)C1. The van der Waals surface area contributed by atoms with Crippen LogP contribution in [-0.2, 0) is 4.74 Å². The predicted molar refractivity (Wildman–Crippen MR) is 163 cm³/mol. The van der Waals surface area contributed by atoms with Gasteiger partial charge >= 0.3 is 0 Å². The third-order valence-corrected chi connectivity index (χ3v) is 9.72. The van der Waals surface area contributed by atoms with Crippen LogP contribution in [0.1, 0.15) is 37.7 Å². The topological polar surface area (TPSA) is 82.2 Å². The largest absolute Gasteiger partial charge is 0.380 e. The molecule has 3 saturated heterocycles. The molecule has 1 unspecified atom stereocenters. The highest BCUT2D eigenvalue weighted by atomic mass is 19.1. The first-order valence-electron chi connectivity index (χ1n) is 15.1. The molecule has 1 atom stereocenters. The molecule has 43 heavy (non-hydrogen) atoms. The van der Waals surface area contributed by atoms with Crippen LogP contribution in [0.15, 0.2) is 48.7 Å². The lowest BCUT2D eigenvalue weighted by Crippen LogP contribution is -2.45. The Morgan fingerprint density at radius 2 is 1.77 bits per heavy atom. The third-order valence-electron chi connectivity index (χ3n) is 9.72. The van der Waals surface area contributed by atoms with Gasteiger partial charge in [0, 0.05) is 50.7 Å². The standard InChI is InChI=1S/C33H35F2N7O/c1-43-25-7-15-41(21-25)24-4-5-28(27(35)19-24)42-31(22-2-3-23(20-36)26(34)18-22)39-30-29(6-12-38-32(30)42)40-16-10-33(11-17-40)8-13-37-14-9-33/h2-6,12,18-19,25,37H,7-11,13-17,21H2,1H3. The fraction of sp³-hybridized carbons (Fsp3) is 0.424. The first kappa shape index (κ1) is 27.7. The average molecular weight is 584 g/mol. The van der Waals surface area contributed by atoms with Crippen molar-refractivity contribution in [3.8, 4) is 23.1 Å². The quantitative estimate of drug-likeness (QED) is 0.336. The number of pyridine rings is 1. The first-order chi connectivity index (χ1) is 21.0. The molecule has 0 radical (unpaired) electrons. The van der Waals surface area contributed by atoms with E-state index in [2.05, 4.69) is 20.1 Å². The Morgan fingerprint density at radius 3 is 2.47 bits per heavy atom. The van der Waals surface area contributed by atoms with Crippen LogP contribution in [0.5, 0.6) is 0 Å². The second-order valence-corrected chi connectivity index (χ2v) is 12.0. The Hall–Kier alpha value is -4.07. The average Bonchev–Trinajstić information content (AvgIpc) is 3.67. The zero-order valence-electron chi connectivity index (χ0n) is 24.3. The van der Waals surface area contributed by atoms with Crippen LogP contribution in [0.2, 0.25) is 0 Å². The number of nitrogens with one attached hydrogen (secondary N) is 1. The number of imidazole rings is 1. The van der Waals surface area contributed by atoms with Crippen LogP contribution in [0.3, 0.4) is 0 Å². The highest BCUT2D eigenvalue weighted by Crippen LogP contribution is 2.42. The van der Waals surface area contributed by atoms with Gasteiger partial charge in [0.2, 0.25) is 0 Å². The summed E-state index contributed by atoms with van der Waals surface area (Å²) < 4.78 is 38.1. The van der Waals surface area contributed by atoms with Gasteiger partial charge in [-0.25, -0.2) is 18.7 Å². The summed E-state index contributed by atoms with van der Waals surface area (Å²) >= 11 is 0. The van der Waals surface area contributed by atoms with Gasteiger partial charge in [-0.15, -0.1) is 0 Å². The van der Waals surface area contributed by atoms with Crippen molar-refractivity contribution in [3.05, 3.63) is 65.9 Å². The summed E-state index contributed by atoms with van der Waals surface area (Å²) in [4.78, 5) is 14.2. The van der Waals surface area contributed by atoms with Gasteiger partial charge in [0.1, 0.15) is 29.0 Å². The summed E-state index contributed by atoms with van der Waals surface area (Å²) in [5, 5.41) is 12.8. The van der Waals surface area contributed by atoms with Crippen molar-refractivity contribution < 1.29 is 13.5 Å². The van der Waals surface area contributed by atoms with Crippen molar-refractivity contribution in [1.29, 1.82) is 5.26 Å². The third kappa shape index (κ3) is 5.00. The zero-order chi connectivity index (χ0) is 29.6. The second kappa shape index (κ2) is 11.2. The van der Waals surface area contributed by atoms with Crippen molar-refractivity contribution in [2.24, 2.45) is 5.41 Å². The zero-order valence-corrected chi connectivity index (χ0v) is 24.3. The van der Waals surface area contributed by atoms with Crippen molar-refractivity contribution in [2.45, 2.75) is 38.2 Å². The minimum Gasteiger partial charge on any atom is -0.380 e. The molecule has 3 aliphatic rings. The predicted octanol–water partition coefficient (Wildman–Crippen LogP) is 5.43. The molecule has 0 bridgehead atoms. The molecule has 10 heteroatoms. The molecule has 7 rings (SSSR count). The molecular formula is C33H35F2N7O. The summed E-state index contributed by atoms with van der Waals surface area (Å²) in [5.41, 5.74) is 3.95. The maximum absolute atomic E-state index is 16.1. The maximum atomic E-state index is 16.1. The molecule has 1 spiro atoms. The Kier molecular flexibility index (Phi) is 7.23. The van der Waals surface area contributed by atoms with E-state index in [0.717, 1.165) is 63.4 Å². The Balaban J connectivity index is 1.32. The summed E-state index contributed by atoms with van der Waals surface area (Å²) in [6.07, 6.45) is 7.40. The van der Waals surface area contributed by atoms with Gasteiger partial charge in [-0.05, 0) is 93.1 Å². The fourth-order valence-corrected chi connectivity index (χ4v) is 7.09. The molecule has 4 aromatic rings. The van der Waals surface area contributed by atoms with E-state index in [1.807, 2.05) is 18.2 Å². The lowest BCUT2D eigenvalue weighted by Gasteiger charge is -2.45. The van der Waals surface area contributed by atoms with E-state index in [1.165, 1.54) is 31.0 Å². The van der Waals surface area contributed by atoms with Gasteiger partial charge in [0.25, 0.3) is 0 Å². The summed E-state index contributed by atoms with van der Waals surface area (Å²) in [6.45, 7) is 5.46. The van der Waals surface area contributed by atoms with E-state index in [1.54, 1.807) is 30.0 Å². The number of fused-ring (bicyclic) bond motifs is 1. The van der Waals surface area contributed by atoms with Crippen molar-refractivity contribution in [2.75, 3.05) is 56.2 Å². The molecule has 2 aromatic heterocycles. The molecule has 222 valence electrons. The van der Waals surface area contributed by atoms with Crippen molar-refractivity contribution >= 4 is 22.5 Å². The number of methoxy groups -OCH3 is 1. The molecule has 5 heterocycles. The highest BCUT2D eigenvalue weighted by Gasteiger charge is 2.36. The van der Waals surface area contributed by atoms with Gasteiger partial charge < -0.3 is 19.9 Å². The number of piperidine rings is 2. The number of halogens is 2. The normalized spacial score (nSPS) is 20.2. The minimum atomic E-state index is -0.646. The van der Waals surface area contributed by atoms with Gasteiger partial charge in [-0.2, -0.15) is 5.26 Å². The summed E-state index contributed by atoms with van der Waals surface area (Å²) in [5.74, 6) is -0.698. The number of ether oxygens (including phenoxy) is 1. The van der Waals surface area contributed by atoms with Crippen LogP contribution in [0, 0.1) is 28.4 Å². The van der Waals surface area contributed by atoms with E-state index in [-0.39, 0.29) is 17.4 Å². The number of anilines is 2. The number of hydrogen-bond acceptors (Lipinski definition) is 7. The Morgan fingerprint density at radius 1 is 0.953 bits per heavy atom. The fourth-order valence-electron chi connectivity index (χ4n) is 7.09. The molecule has 3 aliphatic heterocycles. The molecule has 0 amide bonds. The lowest BCUT2D eigenvalue weighted by molar-refractivity contribution is 0.121. The van der Waals surface area contributed by atoms with E-state index < -0.39 is 11.6 Å². The van der Waals surface area contributed by atoms with Crippen LogP contribution < -0.4 is 15.1 Å². The lowest BCUT2D eigenvalue weighted by atomic mass is 9.71. The highest BCUT2D eigenvalue weighted by molar-refractivity contribution is 5.90. The Labute approximate surface area is 249 Å². The number of benzene rings is 2. The first-order valence-corrected chi connectivity index (χ1v) is 15.1. The Bertz CT molecular complexity index is 1700. The van der Waals surface area contributed by atoms with Gasteiger partial charge in [0.05, 0.1) is 23.0 Å². The van der Waals surface area contributed by atoms with Gasteiger partial charge in [-0.1, -0.05) is 0 Å². The van der Waals surface area contributed by atoms with Crippen LogP contribution >= 0.6 is 0 Å². The molecule has 8 nitrogen and oxygen atoms in total. The number of aromatic nitrogens is 3. The van der Waals surface area contributed by atoms with Crippen LogP contribution in [0.4, 0.5) is 20.2 Å². The smallest absolute Gasteiger partial charge is 0.167 e. The van der Waals surface area contributed by atoms with Gasteiger partial charge in [0.15, 0.2) is 5.65 Å². The van der Waals surface area contributed by atoms with E-state index in [9.17, 15) is 9.65 Å². The van der Waals surface area contributed by atoms with Crippen molar-refractivity contribution in [1.82, 2.24) is 19.9 Å². The maximum Gasteiger partial charge on any atom is 0.167 e. The molecule has 1 N–H and O–H groups in total. The van der Waals surface area contributed by atoms with E-state index in [4.69, 9.17) is 9.72 Å². The molecule has 3 fully saturated rings. The van der Waals surface area contributed by atoms with E-state index in [0.29, 0.717) is 34.5 Å². The number of nitrogens with zero attached hydrogens (tertiary/aromatic N) is 6. The molecule has 2 aromatic carbocycles. The minimum absolute atomic E-state index is 0.0547. The number of nitriles is 1. The van der Waals surface area contributed by atoms with E-state index >= 15 is 4.39 Å². The summed E-state index contributed by atoms with van der Waals surface area (Å²) in [6, 6.07) is 13.4. The number of rotatable bonds is 5. The van der Waals surface area contributed by atoms with Crippen molar-refractivity contribution in [3.63, 3.8) is 0 Å². The van der Waals surface area contributed by atoms with Crippen LogP contribution in [0.25, 0.3) is 28.2 Å². The molecule has 0 saturated carbocycles. The monoisotopic (exact) mass is 583 g/mol. The number of hydrogen-bond donors (Lipinski definition) is 1. The second-order valence-electron chi connectivity index (χ2n) is 12.0. The summed E-state index contributed by atoms with van der Waals surface area (Å²) in [7, 11) is 1.70. The van der Waals surface area contributed by atoms with Crippen LogP contribution in [-0.4, -0.2) is 67.0 Å². The molecule has 0 aliphatic carbocycles. The van der Waals surface area contributed by atoms with Gasteiger partial charge in [-0.3, -0.25) is 4.57 Å². The molecular weight excluding hydrogens is 548 g/mol.